The number of fused-ring (bicyclic) bond motifs is 1. The van der Waals surface area contributed by atoms with Gasteiger partial charge in [0, 0.05) is 0 Å². The number of aryl methyl sites for hydroxylation is 4. The quantitative estimate of drug-likeness (QED) is 0.801. The standard InChI is InChI=1S/C18H17NO/c1-12-8-17(9-13(2)18(12)11-19)20-16-7-6-14-4-3-5-15(14)10-16/h6-10H,3-5H2,1-2H3. The highest BCUT2D eigenvalue weighted by Gasteiger charge is 2.12. The molecule has 0 unspecified atom stereocenters. The van der Waals surface area contributed by atoms with E-state index in [0.717, 1.165) is 34.6 Å². The molecule has 0 saturated heterocycles. The minimum absolute atomic E-state index is 0.742. The van der Waals surface area contributed by atoms with Crippen LogP contribution in [0.25, 0.3) is 0 Å². The van der Waals surface area contributed by atoms with Crippen molar-refractivity contribution in [3.05, 3.63) is 58.1 Å². The maximum absolute atomic E-state index is 9.09. The van der Waals surface area contributed by atoms with Crippen LogP contribution in [0.3, 0.4) is 0 Å². The van der Waals surface area contributed by atoms with Crippen molar-refractivity contribution < 1.29 is 4.74 Å². The maximum Gasteiger partial charge on any atom is 0.128 e. The first-order valence-corrected chi connectivity index (χ1v) is 6.98. The average Bonchev–Trinajstić information content (AvgIpc) is 2.85. The summed E-state index contributed by atoms with van der Waals surface area (Å²) in [5, 5.41) is 9.09. The van der Waals surface area contributed by atoms with E-state index in [4.69, 9.17) is 10.00 Å². The molecule has 2 nitrogen and oxygen atoms in total. The molecule has 2 heteroatoms. The van der Waals surface area contributed by atoms with Gasteiger partial charge in [0.15, 0.2) is 0 Å². The van der Waals surface area contributed by atoms with Crippen LogP contribution in [-0.4, -0.2) is 0 Å². The van der Waals surface area contributed by atoms with Crippen LogP contribution in [0.1, 0.15) is 34.2 Å². The third kappa shape index (κ3) is 2.28. The van der Waals surface area contributed by atoms with Crippen LogP contribution in [0, 0.1) is 25.2 Å². The average molecular weight is 263 g/mol. The highest BCUT2D eigenvalue weighted by atomic mass is 16.5. The summed E-state index contributed by atoms with van der Waals surface area (Å²) in [4.78, 5) is 0. The van der Waals surface area contributed by atoms with Gasteiger partial charge in [0.1, 0.15) is 11.5 Å². The van der Waals surface area contributed by atoms with Crippen molar-refractivity contribution in [3.63, 3.8) is 0 Å². The van der Waals surface area contributed by atoms with Gasteiger partial charge in [-0.2, -0.15) is 5.26 Å². The number of nitriles is 1. The summed E-state index contributed by atoms with van der Waals surface area (Å²) in [6.45, 7) is 3.89. The van der Waals surface area contributed by atoms with Gasteiger partial charge in [-0.15, -0.1) is 0 Å². The lowest BCUT2D eigenvalue weighted by Crippen LogP contribution is -1.92. The molecule has 0 aliphatic heterocycles. The lowest BCUT2D eigenvalue weighted by molar-refractivity contribution is 0.481. The Morgan fingerprint density at radius 2 is 1.65 bits per heavy atom. The second kappa shape index (κ2) is 5.02. The fourth-order valence-electron chi connectivity index (χ4n) is 2.91. The van der Waals surface area contributed by atoms with Crippen LogP contribution >= 0.6 is 0 Å². The van der Waals surface area contributed by atoms with Gasteiger partial charge in [0.25, 0.3) is 0 Å². The van der Waals surface area contributed by atoms with Crippen LogP contribution in [0.2, 0.25) is 0 Å². The predicted molar refractivity (Wildman–Crippen MR) is 79.2 cm³/mol. The SMILES string of the molecule is Cc1cc(Oc2ccc3c(c2)CCC3)cc(C)c1C#N. The first kappa shape index (κ1) is 12.7. The number of hydrogen-bond acceptors (Lipinski definition) is 2. The van der Waals surface area contributed by atoms with Gasteiger partial charge in [0.05, 0.1) is 11.6 Å². The Morgan fingerprint density at radius 3 is 2.35 bits per heavy atom. The van der Waals surface area contributed by atoms with E-state index in [1.165, 1.54) is 24.0 Å². The molecule has 0 spiro atoms. The molecule has 100 valence electrons. The Bertz CT molecular complexity index is 687. The second-order valence-electron chi connectivity index (χ2n) is 5.43. The third-order valence-electron chi connectivity index (χ3n) is 3.92. The van der Waals surface area contributed by atoms with Crippen molar-refractivity contribution in [2.45, 2.75) is 33.1 Å². The van der Waals surface area contributed by atoms with E-state index in [0.29, 0.717) is 0 Å². The minimum atomic E-state index is 0.742. The van der Waals surface area contributed by atoms with Crippen LogP contribution in [-0.2, 0) is 12.8 Å². The van der Waals surface area contributed by atoms with Crippen molar-refractivity contribution >= 4 is 0 Å². The largest absolute Gasteiger partial charge is 0.457 e. The van der Waals surface area contributed by atoms with E-state index in [9.17, 15) is 0 Å². The van der Waals surface area contributed by atoms with Gasteiger partial charge in [-0.1, -0.05) is 6.07 Å². The topological polar surface area (TPSA) is 33.0 Å². The minimum Gasteiger partial charge on any atom is -0.457 e. The monoisotopic (exact) mass is 263 g/mol. The highest BCUT2D eigenvalue weighted by molar-refractivity contribution is 5.49. The molecule has 20 heavy (non-hydrogen) atoms. The fraction of sp³-hybridized carbons (Fsp3) is 0.278. The van der Waals surface area contributed by atoms with Gasteiger partial charge in [0.2, 0.25) is 0 Å². The second-order valence-corrected chi connectivity index (χ2v) is 5.43. The summed E-state index contributed by atoms with van der Waals surface area (Å²) in [7, 11) is 0. The maximum atomic E-state index is 9.09. The molecule has 0 aromatic heterocycles. The molecule has 0 fully saturated rings. The highest BCUT2D eigenvalue weighted by Crippen LogP contribution is 2.30. The Hall–Kier alpha value is -2.27. The lowest BCUT2D eigenvalue weighted by atomic mass is 10.0. The van der Waals surface area contributed by atoms with Gasteiger partial charge >= 0.3 is 0 Å². The molecule has 0 radical (unpaired) electrons. The Morgan fingerprint density at radius 1 is 0.950 bits per heavy atom. The smallest absolute Gasteiger partial charge is 0.128 e. The van der Waals surface area contributed by atoms with E-state index in [1.807, 2.05) is 32.0 Å². The third-order valence-corrected chi connectivity index (χ3v) is 3.92. The first-order chi connectivity index (χ1) is 9.67. The fourth-order valence-corrected chi connectivity index (χ4v) is 2.91. The summed E-state index contributed by atoms with van der Waals surface area (Å²) in [6, 6.07) is 12.4. The van der Waals surface area contributed by atoms with E-state index in [2.05, 4.69) is 18.2 Å². The van der Waals surface area contributed by atoms with Gasteiger partial charge < -0.3 is 4.74 Å². The molecular formula is C18H17NO. The zero-order valence-corrected chi connectivity index (χ0v) is 11.9. The molecule has 0 amide bonds. The zero-order valence-electron chi connectivity index (χ0n) is 11.9. The zero-order chi connectivity index (χ0) is 14.1. The van der Waals surface area contributed by atoms with E-state index in [-0.39, 0.29) is 0 Å². The van der Waals surface area contributed by atoms with Crippen molar-refractivity contribution in [1.82, 2.24) is 0 Å². The number of rotatable bonds is 2. The Kier molecular flexibility index (Phi) is 3.20. The normalized spacial score (nSPS) is 12.8. The molecule has 0 bridgehead atoms. The van der Waals surface area contributed by atoms with E-state index < -0.39 is 0 Å². The van der Waals surface area contributed by atoms with Crippen molar-refractivity contribution in [1.29, 1.82) is 5.26 Å². The molecule has 2 aromatic carbocycles. The number of hydrogen-bond donors (Lipinski definition) is 0. The molecule has 1 aliphatic carbocycles. The van der Waals surface area contributed by atoms with Crippen molar-refractivity contribution in [2.75, 3.05) is 0 Å². The van der Waals surface area contributed by atoms with Crippen LogP contribution < -0.4 is 4.74 Å². The molecule has 2 aromatic rings. The summed E-state index contributed by atoms with van der Waals surface area (Å²) in [5.74, 6) is 1.69. The molecule has 0 N–H and O–H groups in total. The predicted octanol–water partition coefficient (Wildman–Crippen LogP) is 4.46. The molecule has 0 atom stereocenters. The molecular weight excluding hydrogens is 246 g/mol. The van der Waals surface area contributed by atoms with Crippen LogP contribution in [0.4, 0.5) is 0 Å². The van der Waals surface area contributed by atoms with Gasteiger partial charge in [-0.3, -0.25) is 0 Å². The Labute approximate surface area is 119 Å². The number of ether oxygens (including phenoxy) is 1. The van der Waals surface area contributed by atoms with Gasteiger partial charge in [-0.05, 0) is 79.6 Å². The summed E-state index contributed by atoms with van der Waals surface area (Å²) in [6.07, 6.45) is 3.58. The van der Waals surface area contributed by atoms with Crippen LogP contribution in [0.5, 0.6) is 11.5 Å². The molecule has 0 heterocycles. The van der Waals surface area contributed by atoms with Gasteiger partial charge in [-0.25, -0.2) is 0 Å². The number of nitrogens with zero attached hydrogens (tertiary/aromatic N) is 1. The Balaban J connectivity index is 1.90. The molecule has 3 rings (SSSR count). The lowest BCUT2D eigenvalue weighted by Gasteiger charge is -2.10. The van der Waals surface area contributed by atoms with Crippen LogP contribution in [0.15, 0.2) is 30.3 Å². The molecule has 0 saturated carbocycles. The van der Waals surface area contributed by atoms with E-state index in [1.54, 1.807) is 0 Å². The van der Waals surface area contributed by atoms with E-state index >= 15 is 0 Å². The van der Waals surface area contributed by atoms with Crippen molar-refractivity contribution in [2.24, 2.45) is 0 Å². The van der Waals surface area contributed by atoms with Crippen molar-refractivity contribution in [3.8, 4) is 17.6 Å². The first-order valence-electron chi connectivity index (χ1n) is 6.98. The number of benzene rings is 2. The summed E-state index contributed by atoms with van der Waals surface area (Å²) < 4.78 is 5.96. The summed E-state index contributed by atoms with van der Waals surface area (Å²) in [5.41, 5.74) is 5.52. The summed E-state index contributed by atoms with van der Waals surface area (Å²) >= 11 is 0. The molecule has 1 aliphatic rings.